The summed E-state index contributed by atoms with van der Waals surface area (Å²) in [6, 6.07) is 12.1. The van der Waals surface area contributed by atoms with Gasteiger partial charge >= 0.3 is 5.97 Å². The fourth-order valence-corrected chi connectivity index (χ4v) is 4.41. The van der Waals surface area contributed by atoms with E-state index in [-0.39, 0.29) is 0 Å². The van der Waals surface area contributed by atoms with E-state index < -0.39 is 5.97 Å². The number of thiophene rings is 1. The van der Waals surface area contributed by atoms with Crippen LogP contribution in [-0.4, -0.2) is 5.97 Å². The molecule has 24 heavy (non-hydrogen) atoms. The zero-order valence-corrected chi connectivity index (χ0v) is 15.9. The normalized spacial score (nSPS) is 10.6. The average molecular weight is 416 g/mol. The minimum Gasteiger partial charge on any atom is -0.423 e. The van der Waals surface area contributed by atoms with Crippen LogP contribution < -0.4 is 4.74 Å². The Kier molecular flexibility index (Phi) is 5.74. The summed E-state index contributed by atoms with van der Waals surface area (Å²) >= 11 is 20.6. The van der Waals surface area contributed by atoms with Crippen LogP contribution in [0.15, 0.2) is 63.0 Å². The van der Waals surface area contributed by atoms with Crippen LogP contribution in [-0.2, 0) is 0 Å². The number of hydrogen-bond acceptors (Lipinski definition) is 4. The van der Waals surface area contributed by atoms with Crippen LogP contribution in [0.3, 0.4) is 0 Å². The lowest BCUT2D eigenvalue weighted by Crippen LogP contribution is -2.08. The van der Waals surface area contributed by atoms with Crippen molar-refractivity contribution in [2.45, 2.75) is 9.79 Å². The molecule has 0 saturated carbocycles. The Bertz CT molecular complexity index is 856. The minimum absolute atomic E-state index is 0.311. The third-order valence-electron chi connectivity index (χ3n) is 2.93. The van der Waals surface area contributed by atoms with Crippen LogP contribution in [0.25, 0.3) is 0 Å². The van der Waals surface area contributed by atoms with Crippen molar-refractivity contribution in [2.24, 2.45) is 0 Å². The Labute approximate surface area is 162 Å². The molecule has 0 atom stereocenters. The van der Waals surface area contributed by atoms with Gasteiger partial charge in [0, 0.05) is 35.6 Å². The number of halogens is 3. The zero-order valence-electron chi connectivity index (χ0n) is 12.0. The molecule has 0 fully saturated rings. The maximum atomic E-state index is 12.4. The van der Waals surface area contributed by atoms with Gasteiger partial charge in [0.2, 0.25) is 0 Å². The molecule has 0 aliphatic carbocycles. The van der Waals surface area contributed by atoms with Crippen LogP contribution in [0, 0.1) is 0 Å². The van der Waals surface area contributed by atoms with E-state index in [0.717, 1.165) is 9.79 Å². The van der Waals surface area contributed by atoms with E-state index in [1.54, 1.807) is 23.6 Å². The highest BCUT2D eigenvalue weighted by Gasteiger charge is 2.16. The number of ether oxygens (including phenoxy) is 1. The summed E-state index contributed by atoms with van der Waals surface area (Å²) in [5.74, 6) is -0.141. The first-order chi connectivity index (χ1) is 11.5. The Hall–Kier alpha value is -1.17. The minimum atomic E-state index is -0.453. The molecular formula is C17H9Cl3O2S2. The van der Waals surface area contributed by atoms with Crippen LogP contribution in [0.5, 0.6) is 5.75 Å². The lowest BCUT2D eigenvalue weighted by molar-refractivity contribution is 0.0732. The maximum Gasteiger partial charge on any atom is 0.345 e. The van der Waals surface area contributed by atoms with E-state index in [1.807, 2.05) is 29.6 Å². The highest BCUT2D eigenvalue weighted by Crippen LogP contribution is 2.34. The Balaban J connectivity index is 1.78. The van der Waals surface area contributed by atoms with Crippen molar-refractivity contribution in [1.29, 1.82) is 0 Å². The quantitative estimate of drug-likeness (QED) is 0.336. The fourth-order valence-electron chi connectivity index (χ4n) is 1.89. The summed E-state index contributed by atoms with van der Waals surface area (Å²) in [5, 5.41) is 5.15. The third kappa shape index (κ3) is 4.47. The summed E-state index contributed by atoms with van der Waals surface area (Å²) in [7, 11) is 0. The van der Waals surface area contributed by atoms with Crippen molar-refractivity contribution in [1.82, 2.24) is 0 Å². The third-order valence-corrected chi connectivity index (χ3v) is 5.58. The molecule has 1 heterocycles. The van der Waals surface area contributed by atoms with E-state index >= 15 is 0 Å². The van der Waals surface area contributed by atoms with Gasteiger partial charge in [0.05, 0.1) is 5.56 Å². The molecule has 122 valence electrons. The highest BCUT2D eigenvalue weighted by molar-refractivity contribution is 7.99. The number of carbonyl (C=O) groups excluding carboxylic acids is 1. The highest BCUT2D eigenvalue weighted by atomic mass is 35.5. The summed E-state index contributed by atoms with van der Waals surface area (Å²) < 4.78 is 5.38. The van der Waals surface area contributed by atoms with E-state index in [1.165, 1.54) is 23.1 Å². The molecule has 0 aliphatic heterocycles. The molecule has 0 N–H and O–H groups in total. The lowest BCUT2D eigenvalue weighted by atomic mass is 10.3. The van der Waals surface area contributed by atoms with Gasteiger partial charge in [-0.1, -0.05) is 46.6 Å². The first-order valence-corrected chi connectivity index (χ1v) is 9.58. The molecular weight excluding hydrogens is 407 g/mol. The maximum absolute atomic E-state index is 12.4. The first kappa shape index (κ1) is 17.6. The largest absolute Gasteiger partial charge is 0.423 e. The smallest absolute Gasteiger partial charge is 0.345 e. The van der Waals surface area contributed by atoms with Gasteiger partial charge in [-0.15, -0.1) is 0 Å². The topological polar surface area (TPSA) is 26.3 Å². The Morgan fingerprint density at radius 2 is 1.58 bits per heavy atom. The van der Waals surface area contributed by atoms with Gasteiger partial charge in [-0.3, -0.25) is 0 Å². The molecule has 0 spiro atoms. The summed E-state index contributed by atoms with van der Waals surface area (Å²) in [5.41, 5.74) is 0.496. The molecule has 2 nitrogen and oxygen atoms in total. The van der Waals surface area contributed by atoms with Crippen LogP contribution >= 0.6 is 57.9 Å². The molecule has 7 heteroatoms. The number of carbonyl (C=O) groups is 1. The van der Waals surface area contributed by atoms with E-state index in [4.69, 9.17) is 39.5 Å². The second-order valence-corrected chi connectivity index (χ2v) is 7.87. The van der Waals surface area contributed by atoms with Gasteiger partial charge in [0.15, 0.2) is 0 Å². The number of esters is 1. The molecule has 0 saturated heterocycles. The van der Waals surface area contributed by atoms with Crippen molar-refractivity contribution in [2.75, 3.05) is 0 Å². The van der Waals surface area contributed by atoms with E-state index in [2.05, 4.69) is 0 Å². The SMILES string of the molecule is O=C(Oc1cc(Cl)cc(Cl)c1)c1cscc1Sc1ccc(Cl)cc1. The molecule has 1 aromatic heterocycles. The predicted octanol–water partition coefficient (Wildman–Crippen LogP) is 7.08. The van der Waals surface area contributed by atoms with Gasteiger partial charge < -0.3 is 4.74 Å². The van der Waals surface area contributed by atoms with Crippen molar-refractivity contribution in [3.8, 4) is 5.75 Å². The van der Waals surface area contributed by atoms with E-state index in [9.17, 15) is 4.79 Å². The Morgan fingerprint density at radius 3 is 2.25 bits per heavy atom. The second kappa shape index (κ2) is 7.81. The Morgan fingerprint density at radius 1 is 0.917 bits per heavy atom. The van der Waals surface area contributed by atoms with E-state index in [0.29, 0.717) is 26.4 Å². The van der Waals surface area contributed by atoms with Gasteiger partial charge in [0.1, 0.15) is 5.75 Å². The molecule has 3 aromatic rings. The fraction of sp³-hybridized carbons (Fsp3) is 0. The molecule has 3 rings (SSSR count). The summed E-state index contributed by atoms with van der Waals surface area (Å²) in [4.78, 5) is 14.2. The average Bonchev–Trinajstić information content (AvgIpc) is 2.97. The van der Waals surface area contributed by atoms with Crippen molar-refractivity contribution in [3.05, 3.63) is 73.9 Å². The van der Waals surface area contributed by atoms with Crippen LogP contribution in [0.1, 0.15) is 10.4 Å². The van der Waals surface area contributed by atoms with Gasteiger partial charge in [-0.05, 0) is 42.5 Å². The molecule has 0 bridgehead atoms. The van der Waals surface area contributed by atoms with Crippen molar-refractivity contribution >= 4 is 63.9 Å². The molecule has 2 aromatic carbocycles. The standard InChI is InChI=1S/C17H9Cl3O2S2/c18-10-1-3-14(4-2-10)24-16-9-23-8-15(16)17(21)22-13-6-11(19)5-12(20)7-13/h1-9H. The number of benzene rings is 2. The monoisotopic (exact) mass is 414 g/mol. The van der Waals surface area contributed by atoms with Gasteiger partial charge in [0.25, 0.3) is 0 Å². The van der Waals surface area contributed by atoms with Crippen LogP contribution in [0.4, 0.5) is 0 Å². The van der Waals surface area contributed by atoms with Crippen LogP contribution in [0.2, 0.25) is 15.1 Å². The van der Waals surface area contributed by atoms with Crippen molar-refractivity contribution in [3.63, 3.8) is 0 Å². The zero-order chi connectivity index (χ0) is 17.1. The second-order valence-electron chi connectivity index (χ2n) is 4.70. The summed E-state index contributed by atoms with van der Waals surface area (Å²) in [6.45, 7) is 0. The van der Waals surface area contributed by atoms with Gasteiger partial charge in [-0.2, -0.15) is 11.3 Å². The molecule has 0 unspecified atom stereocenters. The van der Waals surface area contributed by atoms with Gasteiger partial charge in [-0.25, -0.2) is 4.79 Å². The lowest BCUT2D eigenvalue weighted by Gasteiger charge is -2.06. The summed E-state index contributed by atoms with van der Waals surface area (Å²) in [6.07, 6.45) is 0. The molecule has 0 radical (unpaired) electrons. The number of hydrogen-bond donors (Lipinski definition) is 0. The molecule has 0 amide bonds. The van der Waals surface area contributed by atoms with Crippen molar-refractivity contribution < 1.29 is 9.53 Å². The first-order valence-electron chi connectivity index (χ1n) is 6.69. The molecule has 0 aliphatic rings. The number of rotatable bonds is 4. The predicted molar refractivity (Wildman–Crippen MR) is 101 cm³/mol.